The minimum Gasteiger partial charge on any atom is -0.480 e. The van der Waals surface area contributed by atoms with Gasteiger partial charge >= 0.3 is 24.3 Å². The number of carboxylic acid groups (broad SMARTS) is 1. The Hall–Kier alpha value is -2.26. The first-order valence-electron chi connectivity index (χ1n) is 6.89. The Kier molecular flexibility index (Phi) is 5.76. The maximum Gasteiger partial charge on any atom is 0.417 e. The molecule has 0 spiro atoms. The molecule has 140 valence electrons. The van der Waals surface area contributed by atoms with Crippen molar-refractivity contribution >= 4 is 11.9 Å². The van der Waals surface area contributed by atoms with Crippen molar-refractivity contribution in [1.82, 2.24) is 0 Å². The van der Waals surface area contributed by atoms with Gasteiger partial charge in [0.25, 0.3) is 5.41 Å². The zero-order valence-electron chi connectivity index (χ0n) is 13.0. The van der Waals surface area contributed by atoms with Crippen LogP contribution in [-0.2, 0) is 9.53 Å². The molecule has 0 saturated carbocycles. The number of aliphatic carboxylic acids is 1. The van der Waals surface area contributed by atoms with Crippen molar-refractivity contribution < 1.29 is 45.8 Å². The van der Waals surface area contributed by atoms with Crippen LogP contribution in [0.15, 0.2) is 30.3 Å². The van der Waals surface area contributed by atoms with E-state index >= 15 is 0 Å². The van der Waals surface area contributed by atoms with Crippen molar-refractivity contribution in [1.29, 1.82) is 0 Å². The summed E-state index contributed by atoms with van der Waals surface area (Å²) >= 11 is 0. The lowest BCUT2D eigenvalue weighted by molar-refractivity contribution is -0.356. The smallest absolute Gasteiger partial charge is 0.417 e. The number of halogens is 6. The summed E-state index contributed by atoms with van der Waals surface area (Å²) in [6.07, 6.45) is -15.5. The van der Waals surface area contributed by atoms with E-state index in [1.807, 2.05) is 0 Å². The van der Waals surface area contributed by atoms with E-state index in [-0.39, 0.29) is 5.56 Å². The molecule has 1 rings (SSSR count). The summed E-state index contributed by atoms with van der Waals surface area (Å²) in [6, 6.07) is 6.33. The number of ether oxygens (including phenoxy) is 1. The summed E-state index contributed by atoms with van der Waals surface area (Å²) in [4.78, 5) is 23.1. The van der Waals surface area contributed by atoms with Crippen LogP contribution in [0, 0.1) is 11.3 Å². The second-order valence-electron chi connectivity index (χ2n) is 5.54. The molecule has 0 amide bonds. The van der Waals surface area contributed by atoms with Gasteiger partial charge in [-0.3, -0.25) is 4.79 Å². The van der Waals surface area contributed by atoms with Gasteiger partial charge in [-0.15, -0.1) is 0 Å². The number of benzene rings is 1. The Balaban J connectivity index is 3.50. The molecule has 0 heterocycles. The van der Waals surface area contributed by atoms with Gasteiger partial charge in [0.2, 0.25) is 0 Å². The average molecular weight is 372 g/mol. The van der Waals surface area contributed by atoms with Gasteiger partial charge in [0, 0.05) is 0 Å². The summed E-state index contributed by atoms with van der Waals surface area (Å²) in [5, 5.41) is 8.87. The first-order valence-corrected chi connectivity index (χ1v) is 6.89. The number of alkyl halides is 6. The van der Waals surface area contributed by atoms with Gasteiger partial charge in [0.1, 0.15) is 6.10 Å². The first-order chi connectivity index (χ1) is 11.3. The van der Waals surface area contributed by atoms with Crippen LogP contribution in [0.25, 0.3) is 0 Å². The summed E-state index contributed by atoms with van der Waals surface area (Å²) < 4.78 is 84.2. The zero-order valence-corrected chi connectivity index (χ0v) is 13.0. The van der Waals surface area contributed by atoms with Crippen molar-refractivity contribution in [2.24, 2.45) is 11.3 Å². The summed E-state index contributed by atoms with van der Waals surface area (Å²) in [7, 11) is 0. The molecular formula is C15H14F6O4. The number of esters is 1. The molecule has 0 aliphatic rings. The molecule has 10 heteroatoms. The normalized spacial score (nSPS) is 14.3. The van der Waals surface area contributed by atoms with E-state index in [9.17, 15) is 35.9 Å². The Morgan fingerprint density at radius 3 is 1.72 bits per heavy atom. The average Bonchev–Trinajstić information content (AvgIpc) is 2.44. The third kappa shape index (κ3) is 3.72. The summed E-state index contributed by atoms with van der Waals surface area (Å²) in [6.45, 7) is 1.80. The Bertz CT molecular complexity index is 607. The molecule has 1 aromatic rings. The van der Waals surface area contributed by atoms with E-state index in [4.69, 9.17) is 5.11 Å². The third-order valence-corrected chi connectivity index (χ3v) is 3.51. The van der Waals surface area contributed by atoms with Gasteiger partial charge in [-0.2, -0.15) is 26.3 Å². The highest BCUT2D eigenvalue weighted by atomic mass is 19.4. The van der Waals surface area contributed by atoms with E-state index < -0.39 is 41.7 Å². The molecular weight excluding hydrogens is 358 g/mol. The highest BCUT2D eigenvalue weighted by molar-refractivity contribution is 5.90. The quantitative estimate of drug-likeness (QED) is 0.625. The van der Waals surface area contributed by atoms with Crippen LogP contribution in [0.2, 0.25) is 0 Å². The van der Waals surface area contributed by atoms with Crippen LogP contribution in [0.1, 0.15) is 24.2 Å². The molecule has 1 atom stereocenters. The topological polar surface area (TPSA) is 63.6 Å². The second-order valence-corrected chi connectivity index (χ2v) is 5.54. The maximum absolute atomic E-state index is 13.3. The lowest BCUT2D eigenvalue weighted by Gasteiger charge is -2.40. The molecule has 0 aromatic heterocycles. The van der Waals surface area contributed by atoms with Gasteiger partial charge in [0.15, 0.2) is 0 Å². The van der Waals surface area contributed by atoms with Crippen molar-refractivity contribution in [2.45, 2.75) is 32.3 Å². The number of carboxylic acids is 1. The highest BCUT2D eigenvalue weighted by Gasteiger charge is 2.81. The molecule has 0 fully saturated rings. The Morgan fingerprint density at radius 2 is 1.40 bits per heavy atom. The van der Waals surface area contributed by atoms with E-state index in [0.29, 0.717) is 0 Å². The fourth-order valence-corrected chi connectivity index (χ4v) is 2.33. The van der Waals surface area contributed by atoms with Crippen LogP contribution in [0.4, 0.5) is 26.3 Å². The number of carbonyl (C=O) groups is 2. The fraction of sp³-hybridized carbons (Fsp3) is 0.467. The molecule has 25 heavy (non-hydrogen) atoms. The van der Waals surface area contributed by atoms with E-state index in [1.54, 1.807) is 0 Å². The third-order valence-electron chi connectivity index (χ3n) is 3.51. The molecule has 1 N–H and O–H groups in total. The van der Waals surface area contributed by atoms with E-state index in [2.05, 4.69) is 4.74 Å². The monoisotopic (exact) mass is 372 g/mol. The van der Waals surface area contributed by atoms with E-state index in [1.165, 1.54) is 18.2 Å². The lowest BCUT2D eigenvalue weighted by atomic mass is 9.75. The lowest BCUT2D eigenvalue weighted by Crippen LogP contribution is -2.64. The van der Waals surface area contributed by atoms with Gasteiger partial charge in [-0.05, 0) is 18.1 Å². The molecule has 1 aromatic carbocycles. The number of hydrogen-bond acceptors (Lipinski definition) is 3. The minimum absolute atomic E-state index is 0.309. The minimum atomic E-state index is -6.25. The van der Waals surface area contributed by atoms with Gasteiger partial charge in [-0.25, -0.2) is 4.79 Å². The molecule has 0 saturated heterocycles. The van der Waals surface area contributed by atoms with Crippen LogP contribution in [0.3, 0.4) is 0 Å². The van der Waals surface area contributed by atoms with Gasteiger partial charge in [-0.1, -0.05) is 32.0 Å². The summed E-state index contributed by atoms with van der Waals surface area (Å²) in [5.41, 5.74) is -5.56. The molecule has 0 aliphatic carbocycles. The van der Waals surface area contributed by atoms with Crippen LogP contribution in [-0.4, -0.2) is 35.5 Å². The maximum atomic E-state index is 13.3. The number of carbonyl (C=O) groups excluding carboxylic acids is 1. The van der Waals surface area contributed by atoms with Gasteiger partial charge < -0.3 is 9.84 Å². The predicted octanol–water partition coefficient (Wildman–Crippen LogP) is 4.06. The van der Waals surface area contributed by atoms with Crippen LogP contribution < -0.4 is 0 Å². The van der Waals surface area contributed by atoms with Gasteiger partial charge in [0.05, 0.1) is 5.56 Å². The highest BCUT2D eigenvalue weighted by Crippen LogP contribution is 2.55. The Labute approximate surface area is 138 Å². The molecule has 0 aliphatic heterocycles. The van der Waals surface area contributed by atoms with Crippen molar-refractivity contribution in [2.75, 3.05) is 0 Å². The standard InChI is InChI=1S/C15H14F6O4/c1-8(2)10(25-11(22)9-6-4-3-5-7-9)13(12(23)24,14(16,17)18)15(19,20)21/h3-8,10H,1-2H3,(H,23,24). The van der Waals surface area contributed by atoms with Crippen LogP contribution >= 0.6 is 0 Å². The Morgan fingerprint density at radius 1 is 0.960 bits per heavy atom. The largest absolute Gasteiger partial charge is 0.480 e. The fourth-order valence-electron chi connectivity index (χ4n) is 2.33. The second kappa shape index (κ2) is 6.93. The van der Waals surface area contributed by atoms with E-state index in [0.717, 1.165) is 26.0 Å². The van der Waals surface area contributed by atoms with Crippen molar-refractivity contribution in [3.63, 3.8) is 0 Å². The SMILES string of the molecule is CC(C)C(OC(=O)c1ccccc1)C(C(=O)O)(C(F)(F)F)C(F)(F)F. The van der Waals surface area contributed by atoms with Crippen LogP contribution in [0.5, 0.6) is 0 Å². The first kappa shape index (κ1) is 20.8. The molecule has 1 unspecified atom stereocenters. The number of rotatable bonds is 5. The zero-order chi connectivity index (χ0) is 19.6. The molecule has 0 radical (unpaired) electrons. The van der Waals surface area contributed by atoms with Crippen molar-refractivity contribution in [3.05, 3.63) is 35.9 Å². The van der Waals surface area contributed by atoms with Crippen molar-refractivity contribution in [3.8, 4) is 0 Å². The molecule has 0 bridgehead atoms. The summed E-state index contributed by atoms with van der Waals surface area (Å²) in [5.74, 6) is -6.27. The predicted molar refractivity (Wildman–Crippen MR) is 72.7 cm³/mol. The number of hydrogen-bond donors (Lipinski definition) is 1. The molecule has 4 nitrogen and oxygen atoms in total.